The van der Waals surface area contributed by atoms with Crippen molar-refractivity contribution in [2.75, 3.05) is 30.4 Å². The first kappa shape index (κ1) is 20.0. The smallest absolute Gasteiger partial charge is 0.339 e. The van der Waals surface area contributed by atoms with E-state index in [1.54, 1.807) is 13.8 Å². The van der Waals surface area contributed by atoms with Crippen LogP contribution in [-0.2, 0) is 4.74 Å². The molecule has 6 heteroatoms. The molecule has 0 amide bonds. The van der Waals surface area contributed by atoms with Crippen LogP contribution < -0.4 is 10.2 Å². The Morgan fingerprint density at radius 3 is 2.36 bits per heavy atom. The van der Waals surface area contributed by atoms with Crippen molar-refractivity contribution in [3.8, 4) is 0 Å². The number of esters is 1. The molecule has 2 aromatic rings. The van der Waals surface area contributed by atoms with Crippen molar-refractivity contribution in [3.63, 3.8) is 0 Å². The van der Waals surface area contributed by atoms with Crippen molar-refractivity contribution in [1.29, 1.82) is 0 Å². The van der Waals surface area contributed by atoms with Crippen molar-refractivity contribution in [3.05, 3.63) is 46.8 Å². The minimum Gasteiger partial charge on any atom is -0.465 e. The zero-order valence-corrected chi connectivity index (χ0v) is 17.1. The van der Waals surface area contributed by atoms with Gasteiger partial charge in [0.2, 0.25) is 5.78 Å². The number of anilines is 2. The molecule has 2 heterocycles. The Morgan fingerprint density at radius 1 is 1.11 bits per heavy atom. The summed E-state index contributed by atoms with van der Waals surface area (Å²) < 4.78 is 4.82. The summed E-state index contributed by atoms with van der Waals surface area (Å²) in [4.78, 5) is 30.3. The van der Waals surface area contributed by atoms with E-state index < -0.39 is 12.0 Å². The molecular formula is C22H29N3O3. The standard InChI is InChI=1S/C22H29N3O3/c1-14-19(22(27)28-4)15(2)24-20(14)21(26)16(3)23-17-8-10-18(11-9-17)25-12-6-5-7-13-25/h8-11,16,23-24H,5-7,12-13H2,1-4H3/t16-/m1/s1. The Labute approximate surface area is 166 Å². The van der Waals surface area contributed by atoms with E-state index in [1.165, 1.54) is 32.1 Å². The number of aryl methyl sites for hydroxylation is 1. The molecule has 0 aliphatic carbocycles. The number of nitrogens with zero attached hydrogens (tertiary/aromatic N) is 1. The number of carbonyl (C=O) groups excluding carboxylic acids is 2. The lowest BCUT2D eigenvalue weighted by Crippen LogP contribution is -2.29. The number of ether oxygens (including phenoxy) is 1. The average Bonchev–Trinajstić information content (AvgIpc) is 3.02. The number of carbonyl (C=O) groups is 2. The zero-order chi connectivity index (χ0) is 20.3. The number of ketones is 1. The van der Waals surface area contributed by atoms with Crippen LogP contribution >= 0.6 is 0 Å². The summed E-state index contributed by atoms with van der Waals surface area (Å²) in [6.45, 7) is 7.58. The molecular weight excluding hydrogens is 354 g/mol. The van der Waals surface area contributed by atoms with E-state index in [2.05, 4.69) is 27.3 Å². The third kappa shape index (κ3) is 4.06. The van der Waals surface area contributed by atoms with Crippen molar-refractivity contribution in [1.82, 2.24) is 4.98 Å². The summed E-state index contributed by atoms with van der Waals surface area (Å²) in [5.74, 6) is -0.518. The summed E-state index contributed by atoms with van der Waals surface area (Å²) >= 11 is 0. The second-order valence-corrected chi connectivity index (χ2v) is 7.44. The van der Waals surface area contributed by atoms with Crippen LogP contribution in [0.3, 0.4) is 0 Å². The lowest BCUT2D eigenvalue weighted by atomic mass is 10.0. The number of hydrogen-bond donors (Lipinski definition) is 2. The molecule has 3 rings (SSSR count). The molecule has 28 heavy (non-hydrogen) atoms. The van der Waals surface area contributed by atoms with Crippen LogP contribution in [0.2, 0.25) is 0 Å². The third-order valence-electron chi connectivity index (χ3n) is 5.44. The summed E-state index contributed by atoms with van der Waals surface area (Å²) in [7, 11) is 1.34. The Bertz CT molecular complexity index is 849. The van der Waals surface area contributed by atoms with Crippen LogP contribution in [0.1, 0.15) is 58.3 Å². The Morgan fingerprint density at radius 2 is 1.75 bits per heavy atom. The quantitative estimate of drug-likeness (QED) is 0.580. The summed E-state index contributed by atoms with van der Waals surface area (Å²) in [6.07, 6.45) is 3.80. The van der Waals surface area contributed by atoms with Gasteiger partial charge in [0.1, 0.15) is 0 Å². The number of methoxy groups -OCH3 is 1. The van der Waals surface area contributed by atoms with Gasteiger partial charge in [-0.3, -0.25) is 4.79 Å². The third-order valence-corrected chi connectivity index (χ3v) is 5.44. The van der Waals surface area contributed by atoms with Crippen LogP contribution in [0.25, 0.3) is 0 Å². The molecule has 1 saturated heterocycles. The van der Waals surface area contributed by atoms with E-state index >= 15 is 0 Å². The van der Waals surface area contributed by atoms with E-state index in [0.717, 1.165) is 18.8 Å². The number of hydrogen-bond acceptors (Lipinski definition) is 5. The van der Waals surface area contributed by atoms with Gasteiger partial charge in [-0.25, -0.2) is 4.79 Å². The first-order valence-electron chi connectivity index (χ1n) is 9.85. The molecule has 0 saturated carbocycles. The highest BCUT2D eigenvalue weighted by atomic mass is 16.5. The molecule has 0 unspecified atom stereocenters. The predicted octanol–water partition coefficient (Wildman–Crippen LogP) is 4.09. The molecule has 150 valence electrons. The van der Waals surface area contributed by atoms with Gasteiger partial charge < -0.3 is 19.9 Å². The maximum absolute atomic E-state index is 12.9. The molecule has 1 atom stereocenters. The van der Waals surface area contributed by atoms with Gasteiger partial charge in [0.15, 0.2) is 0 Å². The highest BCUT2D eigenvalue weighted by Crippen LogP contribution is 2.24. The molecule has 2 N–H and O–H groups in total. The Balaban J connectivity index is 1.70. The first-order valence-corrected chi connectivity index (χ1v) is 9.85. The van der Waals surface area contributed by atoms with Gasteiger partial charge >= 0.3 is 5.97 Å². The van der Waals surface area contributed by atoms with Gasteiger partial charge in [0, 0.05) is 30.2 Å². The van der Waals surface area contributed by atoms with Gasteiger partial charge in [-0.05, 0) is 69.9 Å². The van der Waals surface area contributed by atoms with Gasteiger partial charge in [-0.1, -0.05) is 0 Å². The van der Waals surface area contributed by atoms with E-state index in [1.807, 2.05) is 19.1 Å². The van der Waals surface area contributed by atoms with E-state index in [0.29, 0.717) is 22.5 Å². The molecule has 1 aromatic carbocycles. The number of rotatable bonds is 6. The van der Waals surface area contributed by atoms with Crippen molar-refractivity contribution in [2.45, 2.75) is 46.1 Å². The average molecular weight is 383 g/mol. The van der Waals surface area contributed by atoms with E-state index in [4.69, 9.17) is 4.74 Å². The maximum atomic E-state index is 12.9. The van der Waals surface area contributed by atoms with Gasteiger partial charge in [0.25, 0.3) is 0 Å². The lowest BCUT2D eigenvalue weighted by Gasteiger charge is -2.29. The van der Waals surface area contributed by atoms with Crippen LogP contribution in [0, 0.1) is 13.8 Å². The number of nitrogens with one attached hydrogen (secondary N) is 2. The van der Waals surface area contributed by atoms with E-state index in [9.17, 15) is 9.59 Å². The fourth-order valence-electron chi connectivity index (χ4n) is 3.86. The van der Waals surface area contributed by atoms with Crippen molar-refractivity contribution in [2.24, 2.45) is 0 Å². The van der Waals surface area contributed by atoms with Crippen molar-refractivity contribution < 1.29 is 14.3 Å². The summed E-state index contributed by atoms with van der Waals surface area (Å²) in [5, 5.41) is 3.27. The minimum atomic E-state index is -0.431. The fourth-order valence-corrected chi connectivity index (χ4v) is 3.86. The van der Waals surface area contributed by atoms with Crippen LogP contribution in [0.15, 0.2) is 24.3 Å². The van der Waals surface area contributed by atoms with E-state index in [-0.39, 0.29) is 5.78 Å². The number of H-pyrrole nitrogens is 1. The number of piperidine rings is 1. The maximum Gasteiger partial charge on any atom is 0.339 e. The number of Topliss-reactive ketones (excluding diaryl/α,β-unsaturated/α-hetero) is 1. The summed E-state index contributed by atoms with van der Waals surface area (Å²) in [5.41, 5.74) is 4.28. The highest BCUT2D eigenvalue weighted by Gasteiger charge is 2.25. The molecule has 1 aliphatic rings. The van der Waals surface area contributed by atoms with Gasteiger partial charge in [-0.2, -0.15) is 0 Å². The highest BCUT2D eigenvalue weighted by molar-refractivity contribution is 6.04. The van der Waals surface area contributed by atoms with Gasteiger partial charge in [-0.15, -0.1) is 0 Å². The van der Waals surface area contributed by atoms with Crippen molar-refractivity contribution >= 4 is 23.1 Å². The molecule has 1 fully saturated rings. The van der Waals surface area contributed by atoms with Crippen LogP contribution in [0.4, 0.5) is 11.4 Å². The second kappa shape index (κ2) is 8.50. The lowest BCUT2D eigenvalue weighted by molar-refractivity contribution is 0.0599. The van der Waals surface area contributed by atoms with Gasteiger partial charge in [0.05, 0.1) is 24.4 Å². The minimum absolute atomic E-state index is 0.0872. The monoisotopic (exact) mass is 383 g/mol. The molecule has 0 spiro atoms. The largest absolute Gasteiger partial charge is 0.465 e. The number of benzene rings is 1. The fraction of sp³-hybridized carbons (Fsp3) is 0.455. The van der Waals surface area contributed by atoms with Crippen LogP contribution in [0.5, 0.6) is 0 Å². The second-order valence-electron chi connectivity index (χ2n) is 7.44. The van der Waals surface area contributed by atoms with Crippen LogP contribution in [-0.4, -0.2) is 43.0 Å². The predicted molar refractivity (Wildman–Crippen MR) is 112 cm³/mol. The first-order chi connectivity index (χ1) is 13.4. The Hall–Kier alpha value is -2.76. The summed E-state index contributed by atoms with van der Waals surface area (Å²) in [6, 6.07) is 7.80. The SMILES string of the molecule is COC(=O)c1c(C)[nH]c(C(=O)[C@@H](C)Nc2ccc(N3CCCCC3)cc2)c1C. The number of aromatic amines is 1. The Kier molecular flexibility index (Phi) is 6.07. The topological polar surface area (TPSA) is 74.4 Å². The molecule has 0 radical (unpaired) electrons. The number of aromatic nitrogens is 1. The zero-order valence-electron chi connectivity index (χ0n) is 17.1. The molecule has 6 nitrogen and oxygen atoms in total. The molecule has 1 aromatic heterocycles. The molecule has 0 bridgehead atoms. The normalized spacial score (nSPS) is 15.2. The molecule has 1 aliphatic heterocycles.